The Morgan fingerprint density at radius 2 is 2.31 bits per heavy atom. The zero-order valence-electron chi connectivity index (χ0n) is 9.62. The third kappa shape index (κ3) is 2.77. The number of aromatic amines is 1. The van der Waals surface area contributed by atoms with Crippen LogP contribution in [-0.2, 0) is 4.74 Å². The fourth-order valence-corrected chi connectivity index (χ4v) is 2.25. The average Bonchev–Trinajstić information content (AvgIpc) is 2.66. The Labute approximate surface area is 99.6 Å². The molecule has 2 aromatic rings. The molecule has 1 aromatic carbocycles. The number of fused-ring (bicyclic) bond motifs is 1. The molecule has 0 saturated carbocycles. The van der Waals surface area contributed by atoms with Gasteiger partial charge in [-0.3, -0.25) is 0 Å². The molecular weight excluding hydrogens is 220 g/mol. The van der Waals surface area contributed by atoms with E-state index in [0.717, 1.165) is 35.2 Å². The van der Waals surface area contributed by atoms with Crippen LogP contribution in [-0.4, -0.2) is 28.9 Å². The van der Waals surface area contributed by atoms with E-state index < -0.39 is 0 Å². The highest BCUT2D eigenvalue weighted by Gasteiger charge is 2.02. The largest absolute Gasteiger partial charge is 0.381 e. The van der Waals surface area contributed by atoms with Crippen LogP contribution >= 0.6 is 11.8 Å². The highest BCUT2D eigenvalue weighted by atomic mass is 32.2. The highest BCUT2D eigenvalue weighted by Crippen LogP contribution is 2.19. The van der Waals surface area contributed by atoms with Crippen LogP contribution < -0.4 is 0 Å². The molecule has 0 unspecified atom stereocenters. The van der Waals surface area contributed by atoms with E-state index in [2.05, 4.69) is 29.0 Å². The molecule has 4 heteroatoms. The fraction of sp³-hybridized carbons (Fsp3) is 0.417. The standard InChI is InChI=1S/C12H16N2OS/c1-3-15-6-7-16-12-13-10-5-4-9(2)8-11(10)14-12/h4-5,8H,3,6-7H2,1-2H3,(H,13,14). The number of hydrogen-bond acceptors (Lipinski definition) is 3. The van der Waals surface area contributed by atoms with Gasteiger partial charge in [0, 0.05) is 12.4 Å². The van der Waals surface area contributed by atoms with Gasteiger partial charge in [0.25, 0.3) is 0 Å². The maximum atomic E-state index is 5.29. The lowest BCUT2D eigenvalue weighted by molar-refractivity contribution is 0.164. The van der Waals surface area contributed by atoms with E-state index in [9.17, 15) is 0 Å². The summed E-state index contributed by atoms with van der Waals surface area (Å²) in [7, 11) is 0. The summed E-state index contributed by atoms with van der Waals surface area (Å²) in [6, 6.07) is 6.25. The van der Waals surface area contributed by atoms with Gasteiger partial charge in [-0.05, 0) is 31.5 Å². The average molecular weight is 236 g/mol. The molecule has 2 rings (SSSR count). The van der Waals surface area contributed by atoms with E-state index in [-0.39, 0.29) is 0 Å². The number of nitrogens with zero attached hydrogens (tertiary/aromatic N) is 1. The third-order valence-electron chi connectivity index (χ3n) is 2.29. The van der Waals surface area contributed by atoms with E-state index in [4.69, 9.17) is 4.74 Å². The Morgan fingerprint density at radius 1 is 1.44 bits per heavy atom. The van der Waals surface area contributed by atoms with Crippen molar-refractivity contribution in [1.29, 1.82) is 0 Å². The lowest BCUT2D eigenvalue weighted by atomic mass is 10.2. The maximum absolute atomic E-state index is 5.29. The van der Waals surface area contributed by atoms with Gasteiger partial charge in [0.1, 0.15) is 0 Å². The van der Waals surface area contributed by atoms with Gasteiger partial charge in [0.05, 0.1) is 17.6 Å². The molecule has 0 radical (unpaired) electrons. The summed E-state index contributed by atoms with van der Waals surface area (Å²) >= 11 is 1.70. The molecule has 0 aliphatic heterocycles. The number of aromatic nitrogens is 2. The van der Waals surface area contributed by atoms with Crippen molar-refractivity contribution in [3.8, 4) is 0 Å². The Hall–Kier alpha value is -1.00. The smallest absolute Gasteiger partial charge is 0.166 e. The lowest BCUT2D eigenvalue weighted by Crippen LogP contribution is -1.95. The second-order valence-corrected chi connectivity index (χ2v) is 4.69. The Bertz CT molecular complexity index is 467. The van der Waals surface area contributed by atoms with Gasteiger partial charge in [-0.15, -0.1) is 0 Å². The van der Waals surface area contributed by atoms with Crippen LogP contribution in [0.3, 0.4) is 0 Å². The summed E-state index contributed by atoms with van der Waals surface area (Å²) in [4.78, 5) is 7.81. The minimum Gasteiger partial charge on any atom is -0.381 e. The number of benzene rings is 1. The van der Waals surface area contributed by atoms with Crippen LogP contribution in [0.15, 0.2) is 23.4 Å². The molecule has 0 fully saturated rings. The Balaban J connectivity index is 2.02. The Kier molecular flexibility index (Phi) is 3.85. The number of rotatable bonds is 5. The van der Waals surface area contributed by atoms with Crippen molar-refractivity contribution in [2.75, 3.05) is 19.0 Å². The van der Waals surface area contributed by atoms with Crippen LogP contribution in [0.2, 0.25) is 0 Å². The molecule has 0 aliphatic carbocycles. The summed E-state index contributed by atoms with van der Waals surface area (Å²) in [5.74, 6) is 0.937. The fourth-order valence-electron chi connectivity index (χ4n) is 1.51. The van der Waals surface area contributed by atoms with Crippen LogP contribution in [0, 0.1) is 6.92 Å². The van der Waals surface area contributed by atoms with Crippen LogP contribution in [0.5, 0.6) is 0 Å². The van der Waals surface area contributed by atoms with Gasteiger partial charge in [0.2, 0.25) is 0 Å². The van der Waals surface area contributed by atoms with E-state index in [1.54, 1.807) is 11.8 Å². The SMILES string of the molecule is CCOCCSc1nc2ccc(C)cc2[nH]1. The third-order valence-corrected chi connectivity index (χ3v) is 3.12. The zero-order valence-corrected chi connectivity index (χ0v) is 10.4. The number of hydrogen-bond donors (Lipinski definition) is 1. The lowest BCUT2D eigenvalue weighted by Gasteiger charge is -1.97. The first-order valence-corrected chi connectivity index (χ1v) is 6.45. The minimum absolute atomic E-state index is 0.775. The van der Waals surface area contributed by atoms with Gasteiger partial charge in [-0.1, -0.05) is 17.8 Å². The molecule has 1 aromatic heterocycles. The summed E-state index contributed by atoms with van der Waals surface area (Å²) in [6.07, 6.45) is 0. The van der Waals surface area contributed by atoms with Gasteiger partial charge in [0.15, 0.2) is 5.16 Å². The maximum Gasteiger partial charge on any atom is 0.166 e. The number of nitrogens with one attached hydrogen (secondary N) is 1. The molecule has 0 spiro atoms. The quantitative estimate of drug-likeness (QED) is 0.640. The number of aryl methyl sites for hydroxylation is 1. The predicted octanol–water partition coefficient (Wildman–Crippen LogP) is 3.00. The van der Waals surface area contributed by atoms with Crippen molar-refractivity contribution in [2.45, 2.75) is 19.0 Å². The molecule has 16 heavy (non-hydrogen) atoms. The van der Waals surface area contributed by atoms with Crippen molar-refractivity contribution < 1.29 is 4.74 Å². The molecule has 0 aliphatic rings. The van der Waals surface area contributed by atoms with E-state index in [1.807, 2.05) is 13.0 Å². The van der Waals surface area contributed by atoms with Crippen LogP contribution in [0.4, 0.5) is 0 Å². The molecule has 0 atom stereocenters. The summed E-state index contributed by atoms with van der Waals surface area (Å²) in [5, 5.41) is 0.973. The predicted molar refractivity (Wildman–Crippen MR) is 68.0 cm³/mol. The Morgan fingerprint density at radius 3 is 3.12 bits per heavy atom. The summed E-state index contributed by atoms with van der Waals surface area (Å²) < 4.78 is 5.29. The number of ether oxygens (including phenoxy) is 1. The minimum atomic E-state index is 0.775. The topological polar surface area (TPSA) is 37.9 Å². The van der Waals surface area contributed by atoms with E-state index >= 15 is 0 Å². The van der Waals surface area contributed by atoms with Gasteiger partial charge in [-0.25, -0.2) is 4.98 Å². The molecule has 0 bridgehead atoms. The van der Waals surface area contributed by atoms with Crippen molar-refractivity contribution in [2.24, 2.45) is 0 Å². The molecule has 1 N–H and O–H groups in total. The summed E-state index contributed by atoms with van der Waals surface area (Å²) in [6.45, 7) is 5.65. The number of H-pyrrole nitrogens is 1. The molecule has 1 heterocycles. The number of thioether (sulfide) groups is 1. The molecule has 0 amide bonds. The van der Waals surface area contributed by atoms with Gasteiger partial charge >= 0.3 is 0 Å². The van der Waals surface area contributed by atoms with Gasteiger partial charge < -0.3 is 9.72 Å². The van der Waals surface area contributed by atoms with Crippen molar-refractivity contribution in [3.05, 3.63) is 23.8 Å². The molecule has 3 nitrogen and oxygen atoms in total. The first kappa shape index (κ1) is 11.5. The molecule has 86 valence electrons. The van der Waals surface area contributed by atoms with Crippen LogP contribution in [0.25, 0.3) is 11.0 Å². The summed E-state index contributed by atoms with van der Waals surface area (Å²) in [5.41, 5.74) is 3.39. The highest BCUT2D eigenvalue weighted by molar-refractivity contribution is 7.99. The van der Waals surface area contributed by atoms with Crippen molar-refractivity contribution in [3.63, 3.8) is 0 Å². The van der Waals surface area contributed by atoms with Crippen molar-refractivity contribution in [1.82, 2.24) is 9.97 Å². The number of imidazole rings is 1. The molecule has 0 saturated heterocycles. The first-order chi connectivity index (χ1) is 7.79. The second-order valence-electron chi connectivity index (χ2n) is 3.61. The first-order valence-electron chi connectivity index (χ1n) is 5.46. The monoisotopic (exact) mass is 236 g/mol. The van der Waals surface area contributed by atoms with Crippen LogP contribution in [0.1, 0.15) is 12.5 Å². The molecular formula is C12H16N2OS. The van der Waals surface area contributed by atoms with E-state index in [0.29, 0.717) is 0 Å². The zero-order chi connectivity index (χ0) is 11.4. The van der Waals surface area contributed by atoms with Crippen molar-refractivity contribution >= 4 is 22.8 Å². The van der Waals surface area contributed by atoms with Gasteiger partial charge in [-0.2, -0.15) is 0 Å². The second kappa shape index (κ2) is 5.37. The normalized spacial score (nSPS) is 11.1. The van der Waals surface area contributed by atoms with E-state index in [1.165, 1.54) is 5.56 Å².